The molecule has 1 aromatic carbocycles. The molecule has 0 bridgehead atoms. The molecule has 2 aliphatic heterocycles. The van der Waals surface area contributed by atoms with Crippen molar-refractivity contribution in [1.82, 2.24) is 10.2 Å². The van der Waals surface area contributed by atoms with E-state index in [9.17, 15) is 4.79 Å². The van der Waals surface area contributed by atoms with Gasteiger partial charge in [0.25, 0.3) is 0 Å². The Bertz CT molecular complexity index is 542. The lowest BCUT2D eigenvalue weighted by molar-refractivity contribution is -0.917. The number of ether oxygens (including phenoxy) is 2. The summed E-state index contributed by atoms with van der Waals surface area (Å²) in [6.45, 7) is 7.78. The van der Waals surface area contributed by atoms with Crippen molar-refractivity contribution in [3.63, 3.8) is 0 Å². The van der Waals surface area contributed by atoms with E-state index in [2.05, 4.69) is 24.4 Å². The number of unbranched alkanes of at least 4 members (excludes halogenated alkanes) is 1. The van der Waals surface area contributed by atoms with E-state index < -0.39 is 0 Å². The minimum atomic E-state index is 0.0839. The number of benzene rings is 1. The largest absolute Gasteiger partial charge is 0.454 e. The summed E-state index contributed by atoms with van der Waals surface area (Å²) in [6, 6.07) is 6.23. The van der Waals surface area contributed by atoms with E-state index in [0.29, 0.717) is 6.79 Å². The molecule has 2 amide bonds. The van der Waals surface area contributed by atoms with E-state index in [1.54, 1.807) is 0 Å². The minimum absolute atomic E-state index is 0.0839. The maximum Gasteiger partial charge on any atom is 0.317 e. The molecule has 0 spiro atoms. The number of quaternary nitrogens is 1. The van der Waals surface area contributed by atoms with E-state index in [1.165, 1.54) is 10.5 Å². The summed E-state index contributed by atoms with van der Waals surface area (Å²) in [7, 11) is 0. The van der Waals surface area contributed by atoms with E-state index >= 15 is 0 Å². The number of nitrogens with one attached hydrogen (secondary N) is 2. The highest BCUT2D eigenvalue weighted by Crippen LogP contribution is 2.32. The summed E-state index contributed by atoms with van der Waals surface area (Å²) >= 11 is 0. The quantitative estimate of drug-likeness (QED) is 0.782. The zero-order chi connectivity index (χ0) is 16.1. The average Bonchev–Trinajstić information content (AvgIpc) is 3.03. The van der Waals surface area contributed by atoms with E-state index in [0.717, 1.165) is 63.6 Å². The number of amides is 2. The highest BCUT2D eigenvalue weighted by Gasteiger charge is 2.24. The number of carbonyl (C=O) groups is 1. The Morgan fingerprint density at radius 3 is 2.83 bits per heavy atom. The van der Waals surface area contributed by atoms with Gasteiger partial charge in [-0.3, -0.25) is 0 Å². The van der Waals surface area contributed by atoms with Crippen LogP contribution in [0.1, 0.15) is 25.3 Å². The Morgan fingerprint density at radius 1 is 1.26 bits per heavy atom. The van der Waals surface area contributed by atoms with Gasteiger partial charge in [0.15, 0.2) is 11.5 Å². The first-order chi connectivity index (χ1) is 11.3. The normalized spacial score (nSPS) is 17.3. The minimum Gasteiger partial charge on any atom is -0.454 e. The van der Waals surface area contributed by atoms with Gasteiger partial charge in [-0.1, -0.05) is 13.3 Å². The third kappa shape index (κ3) is 4.07. The summed E-state index contributed by atoms with van der Waals surface area (Å²) < 4.78 is 10.8. The zero-order valence-electron chi connectivity index (χ0n) is 13.8. The fraction of sp³-hybridized carbons (Fsp3) is 0.588. The molecule has 2 N–H and O–H groups in total. The van der Waals surface area contributed by atoms with E-state index in [-0.39, 0.29) is 6.03 Å². The Morgan fingerprint density at radius 2 is 2.04 bits per heavy atom. The lowest BCUT2D eigenvalue weighted by atomic mass is 10.1. The Balaban J connectivity index is 1.45. The molecule has 2 aliphatic rings. The number of piperazine rings is 1. The number of rotatable bonds is 5. The summed E-state index contributed by atoms with van der Waals surface area (Å²) in [5, 5.41) is 2.99. The van der Waals surface area contributed by atoms with Crippen LogP contribution in [0.5, 0.6) is 11.5 Å². The predicted molar refractivity (Wildman–Crippen MR) is 86.8 cm³/mol. The standard InChI is InChI=1S/C17H25N3O3/c1-2-3-6-18-17(21)20-9-7-19(8-10-20)12-14-4-5-15-16(11-14)23-13-22-15/h4-5,11H,2-3,6-10,12-13H2,1H3,(H,18,21)/p+1. The second-order valence-electron chi connectivity index (χ2n) is 6.19. The van der Waals surface area contributed by atoms with Crippen LogP contribution >= 0.6 is 0 Å². The lowest BCUT2D eigenvalue weighted by Crippen LogP contribution is -3.13. The number of nitrogens with zero attached hydrogens (tertiary/aromatic N) is 1. The Hall–Kier alpha value is -1.95. The first-order valence-corrected chi connectivity index (χ1v) is 8.51. The van der Waals surface area contributed by atoms with Crippen molar-refractivity contribution in [2.75, 3.05) is 39.5 Å². The molecule has 0 radical (unpaired) electrons. The molecule has 1 aromatic rings. The van der Waals surface area contributed by atoms with E-state index in [4.69, 9.17) is 9.47 Å². The molecule has 0 atom stereocenters. The fourth-order valence-electron chi connectivity index (χ4n) is 3.03. The molecule has 0 saturated carbocycles. The first kappa shape index (κ1) is 15.9. The molecule has 0 aliphatic carbocycles. The van der Waals surface area contributed by atoms with Crippen LogP contribution in [0.2, 0.25) is 0 Å². The fourth-order valence-corrected chi connectivity index (χ4v) is 3.03. The molecule has 126 valence electrons. The van der Waals surface area contributed by atoms with Crippen molar-refractivity contribution in [2.24, 2.45) is 0 Å². The topological polar surface area (TPSA) is 55.2 Å². The van der Waals surface area contributed by atoms with Gasteiger partial charge in [0, 0.05) is 12.1 Å². The zero-order valence-corrected chi connectivity index (χ0v) is 13.8. The number of fused-ring (bicyclic) bond motifs is 1. The van der Waals surface area contributed by atoms with Crippen LogP contribution in [0.3, 0.4) is 0 Å². The molecule has 1 fully saturated rings. The van der Waals surface area contributed by atoms with Crippen molar-refractivity contribution >= 4 is 6.03 Å². The van der Waals surface area contributed by atoms with Gasteiger partial charge in [-0.2, -0.15) is 0 Å². The van der Waals surface area contributed by atoms with Crippen molar-refractivity contribution in [3.05, 3.63) is 23.8 Å². The summed E-state index contributed by atoms with van der Waals surface area (Å²) in [5.74, 6) is 1.67. The SMILES string of the molecule is CCCCNC(=O)N1CC[NH+](Cc2ccc3c(c2)OCO3)CC1. The second kappa shape index (κ2) is 7.55. The number of urea groups is 1. The van der Waals surface area contributed by atoms with Crippen LogP contribution < -0.4 is 19.7 Å². The molecule has 0 unspecified atom stereocenters. The smallest absolute Gasteiger partial charge is 0.317 e. The maximum atomic E-state index is 12.0. The van der Waals surface area contributed by atoms with Crippen LogP contribution in [0.25, 0.3) is 0 Å². The van der Waals surface area contributed by atoms with Crippen LogP contribution in [-0.2, 0) is 6.54 Å². The maximum absolute atomic E-state index is 12.0. The van der Waals surface area contributed by atoms with Gasteiger partial charge in [-0.15, -0.1) is 0 Å². The predicted octanol–water partition coefficient (Wildman–Crippen LogP) is 0.626. The van der Waals surface area contributed by atoms with Crippen LogP contribution in [-0.4, -0.2) is 50.4 Å². The first-order valence-electron chi connectivity index (χ1n) is 8.51. The molecular weight excluding hydrogens is 294 g/mol. The highest BCUT2D eigenvalue weighted by molar-refractivity contribution is 5.74. The van der Waals surface area contributed by atoms with Gasteiger partial charge in [0.2, 0.25) is 6.79 Å². The van der Waals surface area contributed by atoms with Crippen LogP contribution in [0.15, 0.2) is 18.2 Å². The molecule has 0 aromatic heterocycles. The molecular formula is C17H26N3O3+. The van der Waals surface area contributed by atoms with Crippen LogP contribution in [0.4, 0.5) is 4.79 Å². The highest BCUT2D eigenvalue weighted by atomic mass is 16.7. The lowest BCUT2D eigenvalue weighted by Gasteiger charge is -2.32. The van der Waals surface area contributed by atoms with Crippen molar-refractivity contribution in [2.45, 2.75) is 26.3 Å². The number of carbonyl (C=O) groups excluding carboxylic acids is 1. The van der Waals surface area contributed by atoms with Gasteiger partial charge in [-0.05, 0) is 24.6 Å². The molecule has 1 saturated heterocycles. The third-order valence-corrected chi connectivity index (χ3v) is 4.46. The monoisotopic (exact) mass is 320 g/mol. The third-order valence-electron chi connectivity index (χ3n) is 4.46. The summed E-state index contributed by atoms with van der Waals surface area (Å²) in [5.41, 5.74) is 1.25. The van der Waals surface area contributed by atoms with E-state index in [1.807, 2.05) is 11.0 Å². The average molecular weight is 320 g/mol. The van der Waals surface area contributed by atoms with Gasteiger partial charge in [0.05, 0.1) is 26.2 Å². The van der Waals surface area contributed by atoms with Crippen LogP contribution in [0, 0.1) is 0 Å². The van der Waals surface area contributed by atoms with Crippen molar-refractivity contribution < 1.29 is 19.2 Å². The van der Waals surface area contributed by atoms with Gasteiger partial charge in [0.1, 0.15) is 6.54 Å². The summed E-state index contributed by atoms with van der Waals surface area (Å²) in [4.78, 5) is 15.5. The number of hydrogen-bond acceptors (Lipinski definition) is 3. The molecule has 3 rings (SSSR count). The Kier molecular flexibility index (Phi) is 5.23. The molecule has 6 nitrogen and oxygen atoms in total. The number of hydrogen-bond donors (Lipinski definition) is 2. The van der Waals surface area contributed by atoms with Crippen molar-refractivity contribution in [1.29, 1.82) is 0 Å². The van der Waals surface area contributed by atoms with Gasteiger partial charge < -0.3 is 24.6 Å². The molecule has 23 heavy (non-hydrogen) atoms. The second-order valence-corrected chi connectivity index (χ2v) is 6.19. The molecule has 2 heterocycles. The van der Waals surface area contributed by atoms with Gasteiger partial charge in [-0.25, -0.2) is 4.79 Å². The van der Waals surface area contributed by atoms with Crippen molar-refractivity contribution in [3.8, 4) is 11.5 Å². The van der Waals surface area contributed by atoms with Gasteiger partial charge >= 0.3 is 6.03 Å². The summed E-state index contributed by atoms with van der Waals surface area (Å²) in [6.07, 6.45) is 2.15. The Labute approximate surface area is 137 Å². The molecule has 6 heteroatoms.